The lowest BCUT2D eigenvalue weighted by atomic mass is 10.1. The van der Waals surface area contributed by atoms with Crippen LogP contribution in [0.15, 0.2) is 52.3 Å². The Balaban J connectivity index is 1.64. The molecule has 0 fully saturated rings. The van der Waals surface area contributed by atoms with E-state index in [4.69, 9.17) is 0 Å². The number of carbonyl (C=O) groups is 2. The third-order valence-electron chi connectivity index (χ3n) is 5.21. The molecule has 0 N–H and O–H groups in total. The molecule has 0 saturated heterocycles. The van der Waals surface area contributed by atoms with Crippen molar-refractivity contribution in [1.82, 2.24) is 13.8 Å². The van der Waals surface area contributed by atoms with E-state index in [2.05, 4.69) is 0 Å². The summed E-state index contributed by atoms with van der Waals surface area (Å²) in [6.07, 6.45) is 2.38. The fourth-order valence-electron chi connectivity index (χ4n) is 3.54. The summed E-state index contributed by atoms with van der Waals surface area (Å²) >= 11 is 0. The molecule has 1 aliphatic heterocycles. The quantitative estimate of drug-likeness (QED) is 0.447. The summed E-state index contributed by atoms with van der Waals surface area (Å²) in [5, 5.41) is 0. The summed E-state index contributed by atoms with van der Waals surface area (Å²) in [5.74, 6) is -0.611. The number of carbonyl (C=O) groups excluding carboxylic acids is 2. The van der Waals surface area contributed by atoms with Gasteiger partial charge in [0.25, 0.3) is 17.4 Å². The minimum Gasteiger partial charge on any atom is -0.314 e. The largest absolute Gasteiger partial charge is 0.314 e. The Morgan fingerprint density at radius 3 is 1.97 bits per heavy atom. The van der Waals surface area contributed by atoms with Gasteiger partial charge in [-0.2, -0.15) is 4.31 Å². The first-order valence-corrected chi connectivity index (χ1v) is 11.4. The van der Waals surface area contributed by atoms with Gasteiger partial charge in [-0.3, -0.25) is 19.3 Å². The van der Waals surface area contributed by atoms with Crippen molar-refractivity contribution in [2.24, 2.45) is 0 Å². The second-order valence-corrected chi connectivity index (χ2v) is 8.94. The number of amides is 2. The van der Waals surface area contributed by atoms with Crippen LogP contribution in [0.5, 0.6) is 0 Å². The molecule has 0 atom stereocenters. The van der Waals surface area contributed by atoms with Crippen LogP contribution in [-0.2, 0) is 16.6 Å². The van der Waals surface area contributed by atoms with Gasteiger partial charge in [0.2, 0.25) is 10.0 Å². The number of hydrogen-bond acceptors (Lipinski definition) is 5. The van der Waals surface area contributed by atoms with Crippen molar-refractivity contribution in [3.05, 3.63) is 64.1 Å². The summed E-state index contributed by atoms with van der Waals surface area (Å²) < 4.78 is 28.0. The van der Waals surface area contributed by atoms with Gasteiger partial charge in [0.05, 0.1) is 16.0 Å². The number of imide groups is 1. The topological polar surface area (TPSA) is 96.8 Å². The summed E-state index contributed by atoms with van der Waals surface area (Å²) in [5.41, 5.74) is 0.523. The van der Waals surface area contributed by atoms with E-state index in [0.29, 0.717) is 43.6 Å². The Labute approximate surface area is 175 Å². The predicted octanol–water partition coefficient (Wildman–Crippen LogP) is 1.96. The molecule has 2 heterocycles. The molecule has 3 rings (SSSR count). The van der Waals surface area contributed by atoms with E-state index in [-0.39, 0.29) is 28.8 Å². The van der Waals surface area contributed by atoms with Crippen molar-refractivity contribution >= 4 is 21.8 Å². The molecule has 2 aromatic rings. The smallest absolute Gasteiger partial charge is 0.261 e. The van der Waals surface area contributed by atoms with Gasteiger partial charge in [-0.05, 0) is 31.0 Å². The zero-order chi connectivity index (χ0) is 21.9. The first-order chi connectivity index (χ1) is 14.3. The van der Waals surface area contributed by atoms with Crippen molar-refractivity contribution in [3.63, 3.8) is 0 Å². The zero-order valence-electron chi connectivity index (χ0n) is 17.1. The molecule has 8 nitrogen and oxygen atoms in total. The highest BCUT2D eigenvalue weighted by Crippen LogP contribution is 2.22. The van der Waals surface area contributed by atoms with Gasteiger partial charge < -0.3 is 4.57 Å². The van der Waals surface area contributed by atoms with E-state index in [1.54, 1.807) is 38.1 Å². The lowest BCUT2D eigenvalue weighted by molar-refractivity contribution is 0.0651. The molecule has 0 spiro atoms. The minimum atomic E-state index is -3.65. The van der Waals surface area contributed by atoms with Gasteiger partial charge in [-0.1, -0.05) is 26.0 Å². The Morgan fingerprint density at radius 2 is 1.40 bits per heavy atom. The lowest BCUT2D eigenvalue weighted by Crippen LogP contribution is -2.32. The monoisotopic (exact) mass is 431 g/mol. The molecule has 0 bridgehead atoms. The molecule has 0 saturated carbocycles. The van der Waals surface area contributed by atoms with Gasteiger partial charge >= 0.3 is 0 Å². The number of pyridine rings is 1. The van der Waals surface area contributed by atoms with Crippen LogP contribution >= 0.6 is 0 Å². The number of fused-ring (bicyclic) bond motifs is 1. The number of hydrogen-bond donors (Lipinski definition) is 0. The van der Waals surface area contributed by atoms with Crippen LogP contribution in [0.2, 0.25) is 0 Å². The minimum absolute atomic E-state index is 0.0751. The molecule has 160 valence electrons. The molecule has 2 amide bonds. The summed E-state index contributed by atoms with van der Waals surface area (Å²) in [4.78, 5) is 38.2. The standard InChI is InChI=1S/C21H25N3O5S/c1-3-23(4-2)30(28,29)16-11-12-19(25)22(15-16)13-7-8-14-24-20(26)17-9-5-6-10-18(17)21(24)27/h5-6,9-12,15H,3-4,7-8,13-14H2,1-2H3. The first-order valence-electron chi connectivity index (χ1n) is 9.97. The van der Waals surface area contributed by atoms with E-state index in [9.17, 15) is 22.8 Å². The van der Waals surface area contributed by atoms with Crippen LogP contribution in [0, 0.1) is 0 Å². The third-order valence-corrected chi connectivity index (χ3v) is 7.24. The molecule has 1 aromatic heterocycles. The molecule has 1 aliphatic rings. The van der Waals surface area contributed by atoms with E-state index in [0.717, 1.165) is 0 Å². The maximum atomic E-state index is 12.7. The van der Waals surface area contributed by atoms with Crippen molar-refractivity contribution in [3.8, 4) is 0 Å². The van der Waals surface area contributed by atoms with Gasteiger partial charge in [0, 0.05) is 38.4 Å². The average molecular weight is 432 g/mol. The van der Waals surface area contributed by atoms with E-state index >= 15 is 0 Å². The zero-order valence-corrected chi connectivity index (χ0v) is 17.9. The number of unbranched alkanes of at least 4 members (excludes halogenated alkanes) is 1. The van der Waals surface area contributed by atoms with Crippen LogP contribution in [-0.4, -0.2) is 53.6 Å². The second kappa shape index (κ2) is 8.93. The number of nitrogens with zero attached hydrogens (tertiary/aromatic N) is 3. The van der Waals surface area contributed by atoms with E-state index in [1.807, 2.05) is 0 Å². The fourth-order valence-corrected chi connectivity index (χ4v) is 5.02. The van der Waals surface area contributed by atoms with Gasteiger partial charge in [-0.25, -0.2) is 8.42 Å². The molecule has 9 heteroatoms. The molecular formula is C21H25N3O5S. The SMILES string of the molecule is CCN(CC)S(=O)(=O)c1ccc(=O)n(CCCCN2C(=O)c3ccccc3C2=O)c1. The Morgan fingerprint density at radius 1 is 0.833 bits per heavy atom. The Kier molecular flexibility index (Phi) is 6.52. The lowest BCUT2D eigenvalue weighted by Gasteiger charge is -2.19. The number of aromatic nitrogens is 1. The van der Waals surface area contributed by atoms with Crippen molar-refractivity contribution in [2.75, 3.05) is 19.6 Å². The highest BCUT2D eigenvalue weighted by atomic mass is 32.2. The predicted molar refractivity (Wildman–Crippen MR) is 112 cm³/mol. The average Bonchev–Trinajstić information content (AvgIpc) is 2.97. The van der Waals surface area contributed by atoms with Crippen LogP contribution in [0.4, 0.5) is 0 Å². The third kappa shape index (κ3) is 4.08. The number of rotatable bonds is 9. The van der Waals surface area contributed by atoms with Gasteiger partial charge in [0.1, 0.15) is 0 Å². The molecule has 30 heavy (non-hydrogen) atoms. The van der Waals surface area contributed by atoms with Crippen molar-refractivity contribution in [1.29, 1.82) is 0 Å². The number of aryl methyl sites for hydroxylation is 1. The maximum absolute atomic E-state index is 12.7. The normalized spacial score (nSPS) is 13.9. The van der Waals surface area contributed by atoms with Gasteiger partial charge in [-0.15, -0.1) is 0 Å². The molecular weight excluding hydrogens is 406 g/mol. The maximum Gasteiger partial charge on any atom is 0.261 e. The Bertz CT molecular complexity index is 1080. The highest BCUT2D eigenvalue weighted by Gasteiger charge is 2.34. The summed E-state index contributed by atoms with van der Waals surface area (Å²) in [6, 6.07) is 9.29. The summed E-state index contributed by atoms with van der Waals surface area (Å²) in [7, 11) is -3.65. The number of benzene rings is 1. The van der Waals surface area contributed by atoms with Crippen molar-refractivity contribution < 1.29 is 18.0 Å². The van der Waals surface area contributed by atoms with E-state index < -0.39 is 10.0 Å². The van der Waals surface area contributed by atoms with Crippen molar-refractivity contribution in [2.45, 2.75) is 38.1 Å². The molecule has 0 radical (unpaired) electrons. The second-order valence-electron chi connectivity index (χ2n) is 7.00. The van der Waals surface area contributed by atoms with Crippen LogP contribution in [0.3, 0.4) is 0 Å². The number of sulfonamides is 1. The fraction of sp³-hybridized carbons (Fsp3) is 0.381. The van der Waals surface area contributed by atoms with Crippen LogP contribution in [0.25, 0.3) is 0 Å². The Hall–Kier alpha value is -2.78. The van der Waals surface area contributed by atoms with E-state index in [1.165, 1.54) is 32.1 Å². The first kappa shape index (κ1) is 21.9. The van der Waals surface area contributed by atoms with Gasteiger partial charge in [0.15, 0.2) is 0 Å². The highest BCUT2D eigenvalue weighted by molar-refractivity contribution is 7.89. The molecule has 0 aliphatic carbocycles. The molecule has 1 aromatic carbocycles. The van der Waals surface area contributed by atoms with Crippen LogP contribution in [0.1, 0.15) is 47.4 Å². The summed E-state index contributed by atoms with van der Waals surface area (Å²) in [6.45, 7) is 4.76. The van der Waals surface area contributed by atoms with Crippen LogP contribution < -0.4 is 5.56 Å². The molecule has 0 unspecified atom stereocenters.